The molecule has 3 unspecified atom stereocenters. The van der Waals surface area contributed by atoms with Gasteiger partial charge in [-0.3, -0.25) is 14.8 Å². The minimum Gasteiger partial charge on any atom is -0.392 e. The molecule has 0 spiro atoms. The molecule has 1 fully saturated rings. The monoisotopic (exact) mass is 538 g/mol. The van der Waals surface area contributed by atoms with Crippen LogP contribution in [0.4, 0.5) is 5.69 Å². The van der Waals surface area contributed by atoms with Crippen LogP contribution in [-0.4, -0.2) is 44.0 Å². The quantitative estimate of drug-likeness (QED) is 0.124. The molecule has 38 heavy (non-hydrogen) atoms. The summed E-state index contributed by atoms with van der Waals surface area (Å²) in [5, 5.41) is 21.4. The number of nitrogens with zero attached hydrogens (tertiary/aromatic N) is 2. The van der Waals surface area contributed by atoms with Crippen LogP contribution in [0, 0.1) is 0 Å². The number of carbonyl (C=O) groups is 2. The van der Waals surface area contributed by atoms with E-state index in [0.717, 1.165) is 16.7 Å². The van der Waals surface area contributed by atoms with Crippen molar-refractivity contribution in [2.45, 2.75) is 55.9 Å². The van der Waals surface area contributed by atoms with Gasteiger partial charge >= 0.3 is 0 Å². The summed E-state index contributed by atoms with van der Waals surface area (Å²) in [5.41, 5.74) is 4.81. The summed E-state index contributed by atoms with van der Waals surface area (Å²) in [7, 11) is 0. The Kier molecular flexibility index (Phi) is 10.2. The number of ether oxygens (including phenoxy) is 2. The van der Waals surface area contributed by atoms with E-state index in [1.165, 1.54) is 11.8 Å². The minimum atomic E-state index is -0.615. The van der Waals surface area contributed by atoms with Gasteiger partial charge in [-0.2, -0.15) is 0 Å². The summed E-state index contributed by atoms with van der Waals surface area (Å²) in [4.78, 5) is 31.8. The fourth-order valence-electron chi connectivity index (χ4n) is 3.96. The normalized spacial score (nSPS) is 19.1. The molecule has 4 N–H and O–H groups in total. The molecule has 0 radical (unpaired) electrons. The number of hydrogen-bond donors (Lipinski definition) is 4. The second-order valence-corrected chi connectivity index (χ2v) is 9.74. The largest absolute Gasteiger partial charge is 0.392 e. The number of amides is 2. The predicted molar refractivity (Wildman–Crippen MR) is 140 cm³/mol. The van der Waals surface area contributed by atoms with Crippen LogP contribution in [0.2, 0.25) is 0 Å². The Morgan fingerprint density at radius 2 is 1.63 bits per heavy atom. The lowest BCUT2D eigenvalue weighted by atomic mass is 10.0. The van der Waals surface area contributed by atoms with E-state index in [0.29, 0.717) is 29.4 Å². The smallest absolute Gasteiger partial charge is 0.243 e. The van der Waals surface area contributed by atoms with Gasteiger partial charge in [0.15, 0.2) is 11.4 Å². The fourth-order valence-corrected chi connectivity index (χ4v) is 4.78. The van der Waals surface area contributed by atoms with Crippen LogP contribution in [0.1, 0.15) is 54.8 Å². The van der Waals surface area contributed by atoms with Crippen molar-refractivity contribution in [3.8, 4) is 0 Å². The van der Waals surface area contributed by atoms with Crippen molar-refractivity contribution in [2.24, 2.45) is 0 Å². The number of aliphatic hydroxyl groups excluding tert-OH is 1. The van der Waals surface area contributed by atoms with Crippen molar-refractivity contribution < 1.29 is 29.4 Å². The summed E-state index contributed by atoms with van der Waals surface area (Å²) >= 11 is 1.52. The third-order valence-corrected chi connectivity index (χ3v) is 6.96. The molecule has 0 bridgehead atoms. The number of benzene rings is 2. The molecule has 200 valence electrons. The van der Waals surface area contributed by atoms with Crippen LogP contribution >= 0.6 is 11.8 Å². The zero-order chi connectivity index (χ0) is 26.7. The van der Waals surface area contributed by atoms with Crippen LogP contribution in [0.5, 0.6) is 0 Å². The minimum absolute atomic E-state index is 0.0191. The average molecular weight is 539 g/mol. The first-order valence-corrected chi connectivity index (χ1v) is 13.3. The number of carbonyl (C=O) groups excluding carboxylic acids is 2. The van der Waals surface area contributed by atoms with E-state index in [1.54, 1.807) is 36.1 Å². The van der Waals surface area contributed by atoms with Gasteiger partial charge in [0.25, 0.3) is 0 Å². The third-order valence-electron chi connectivity index (χ3n) is 5.95. The summed E-state index contributed by atoms with van der Waals surface area (Å²) in [6, 6.07) is 16.7. The van der Waals surface area contributed by atoms with Gasteiger partial charge in [-0.15, -0.1) is 0 Å². The second-order valence-electron chi connectivity index (χ2n) is 8.75. The second kappa shape index (κ2) is 14.0. The Labute approximate surface area is 224 Å². The van der Waals surface area contributed by atoms with E-state index in [2.05, 4.69) is 15.3 Å². The molecule has 2 heterocycles. The SMILES string of the molecule is O=C(CCCC(=O)Nc1ccc(C2OC(CSc3ncccn3)CC(c3ccc(CO)cc3)O2)cc1)NO. The van der Waals surface area contributed by atoms with Gasteiger partial charge in [-0.05, 0) is 35.7 Å². The molecule has 4 rings (SSSR count). The van der Waals surface area contributed by atoms with Gasteiger partial charge in [0.1, 0.15) is 0 Å². The number of hydrogen-bond acceptors (Lipinski definition) is 9. The van der Waals surface area contributed by atoms with Crippen LogP contribution in [0.3, 0.4) is 0 Å². The first-order valence-electron chi connectivity index (χ1n) is 12.3. The van der Waals surface area contributed by atoms with Gasteiger partial charge in [-0.1, -0.05) is 48.2 Å². The number of rotatable bonds is 11. The van der Waals surface area contributed by atoms with Crippen LogP contribution < -0.4 is 10.8 Å². The Balaban J connectivity index is 1.41. The van der Waals surface area contributed by atoms with E-state index in [9.17, 15) is 14.7 Å². The third kappa shape index (κ3) is 8.07. The highest BCUT2D eigenvalue weighted by Gasteiger charge is 2.32. The number of aromatic nitrogens is 2. The van der Waals surface area contributed by atoms with Crippen molar-refractivity contribution in [1.29, 1.82) is 0 Å². The van der Waals surface area contributed by atoms with E-state index < -0.39 is 12.2 Å². The molecular weight excluding hydrogens is 508 g/mol. The maximum absolute atomic E-state index is 12.2. The topological polar surface area (TPSA) is 143 Å². The fraction of sp³-hybridized carbons (Fsp3) is 0.333. The molecule has 0 saturated carbocycles. The zero-order valence-electron chi connectivity index (χ0n) is 20.7. The van der Waals surface area contributed by atoms with Crippen LogP contribution in [0.15, 0.2) is 72.1 Å². The van der Waals surface area contributed by atoms with E-state index in [-0.39, 0.29) is 37.6 Å². The highest BCUT2D eigenvalue weighted by molar-refractivity contribution is 7.99. The molecule has 11 heteroatoms. The molecular formula is C27H30N4O6S. The first kappa shape index (κ1) is 27.7. The molecule has 2 aromatic carbocycles. The van der Waals surface area contributed by atoms with Crippen LogP contribution in [0.25, 0.3) is 0 Å². The van der Waals surface area contributed by atoms with Gasteiger partial charge in [-0.25, -0.2) is 15.4 Å². The number of thioether (sulfide) groups is 1. The number of anilines is 1. The van der Waals surface area contributed by atoms with Gasteiger partial charge < -0.3 is 19.9 Å². The predicted octanol–water partition coefficient (Wildman–Crippen LogP) is 3.92. The highest BCUT2D eigenvalue weighted by Crippen LogP contribution is 2.39. The lowest BCUT2D eigenvalue weighted by Crippen LogP contribution is -2.31. The molecule has 0 aliphatic carbocycles. The maximum atomic E-state index is 12.2. The lowest BCUT2D eigenvalue weighted by molar-refractivity contribution is -0.245. The van der Waals surface area contributed by atoms with Crippen molar-refractivity contribution in [3.05, 3.63) is 83.7 Å². The molecule has 3 atom stereocenters. The van der Waals surface area contributed by atoms with Gasteiger partial charge in [0.2, 0.25) is 11.8 Å². The zero-order valence-corrected chi connectivity index (χ0v) is 21.5. The van der Waals surface area contributed by atoms with Gasteiger partial charge in [0.05, 0.1) is 18.8 Å². The molecule has 2 amide bonds. The van der Waals surface area contributed by atoms with E-state index in [4.69, 9.17) is 14.7 Å². The summed E-state index contributed by atoms with van der Waals surface area (Å²) in [5.74, 6) is -0.0945. The van der Waals surface area contributed by atoms with Crippen molar-refractivity contribution in [3.63, 3.8) is 0 Å². The summed E-state index contributed by atoms with van der Waals surface area (Å²) < 4.78 is 12.7. The molecule has 10 nitrogen and oxygen atoms in total. The molecule has 1 saturated heterocycles. The van der Waals surface area contributed by atoms with Crippen molar-refractivity contribution >= 4 is 29.3 Å². The average Bonchev–Trinajstić information content (AvgIpc) is 2.96. The Bertz CT molecular complexity index is 1180. The highest BCUT2D eigenvalue weighted by atomic mass is 32.2. The van der Waals surface area contributed by atoms with Gasteiger partial charge in [0, 0.05) is 48.7 Å². The standard InChI is InChI=1S/C27H30N4O6S/c32-16-18-5-7-19(8-6-18)23-15-22(17-38-27-28-13-2-14-29-27)36-26(37-23)20-9-11-21(12-10-20)30-24(33)3-1-4-25(34)31-35/h2,5-14,22-23,26,32,35H,1,3-4,15-17H2,(H,30,33)(H,31,34). The lowest BCUT2D eigenvalue weighted by Gasteiger charge is -2.36. The first-order chi connectivity index (χ1) is 18.5. The summed E-state index contributed by atoms with van der Waals surface area (Å²) in [6.45, 7) is -0.0191. The Hall–Kier alpha value is -3.35. The van der Waals surface area contributed by atoms with E-state index >= 15 is 0 Å². The number of hydroxylamine groups is 1. The molecule has 1 aliphatic heterocycles. The van der Waals surface area contributed by atoms with Crippen LogP contribution in [-0.2, 0) is 25.7 Å². The number of aliphatic hydroxyl groups is 1. The molecule has 1 aromatic heterocycles. The van der Waals surface area contributed by atoms with E-state index in [1.807, 2.05) is 36.4 Å². The van der Waals surface area contributed by atoms with Crippen molar-refractivity contribution in [2.75, 3.05) is 11.1 Å². The number of nitrogens with one attached hydrogen (secondary N) is 2. The Morgan fingerprint density at radius 3 is 2.32 bits per heavy atom. The maximum Gasteiger partial charge on any atom is 0.243 e. The molecule has 1 aliphatic rings. The Morgan fingerprint density at radius 1 is 0.947 bits per heavy atom. The summed E-state index contributed by atoms with van der Waals surface area (Å²) in [6.07, 6.45) is 3.67. The van der Waals surface area contributed by atoms with Crippen molar-refractivity contribution in [1.82, 2.24) is 15.4 Å². The molecule has 3 aromatic rings.